The first-order chi connectivity index (χ1) is 10.6. The predicted octanol–water partition coefficient (Wildman–Crippen LogP) is 4.25. The molecule has 7 heteroatoms. The van der Waals surface area contributed by atoms with Crippen molar-refractivity contribution in [3.63, 3.8) is 0 Å². The summed E-state index contributed by atoms with van der Waals surface area (Å²) in [4.78, 5) is 17.0. The fourth-order valence-corrected chi connectivity index (χ4v) is 2.76. The van der Waals surface area contributed by atoms with E-state index in [9.17, 15) is 4.79 Å². The molecule has 0 aromatic rings. The van der Waals surface area contributed by atoms with Gasteiger partial charge in [-0.2, -0.15) is 0 Å². The molecule has 0 aliphatic carbocycles. The van der Waals surface area contributed by atoms with E-state index in [1.807, 2.05) is 34.6 Å². The van der Waals surface area contributed by atoms with Crippen molar-refractivity contribution in [1.29, 1.82) is 0 Å². The molecule has 1 heterocycles. The summed E-state index contributed by atoms with van der Waals surface area (Å²) in [5, 5.41) is 3.66. The largest absolute Gasteiger partial charge is 0.444 e. The molecule has 23 heavy (non-hydrogen) atoms. The molecule has 1 aliphatic heterocycles. The lowest BCUT2D eigenvalue weighted by Crippen LogP contribution is -2.50. The quantitative estimate of drug-likeness (QED) is 0.316. The lowest BCUT2D eigenvalue weighted by Gasteiger charge is -2.36. The lowest BCUT2D eigenvalue weighted by atomic mass is 9.96. The molecule has 1 rings (SSSR count). The topological polar surface area (TPSA) is 87.5 Å². The van der Waals surface area contributed by atoms with Crippen LogP contribution in [0.3, 0.4) is 0 Å². The summed E-state index contributed by atoms with van der Waals surface area (Å²) in [7, 11) is 0. The van der Waals surface area contributed by atoms with Gasteiger partial charge in [-0.3, -0.25) is 4.90 Å². The Morgan fingerprint density at radius 2 is 2.26 bits per heavy atom. The smallest absolute Gasteiger partial charge is 0.412 e. The van der Waals surface area contributed by atoms with Crippen molar-refractivity contribution in [1.82, 2.24) is 4.90 Å². The summed E-state index contributed by atoms with van der Waals surface area (Å²) >= 11 is 0. The second-order valence-electron chi connectivity index (χ2n) is 7.30. The molecule has 0 saturated carbocycles. The molecule has 0 unspecified atom stereocenters. The SMILES string of the molecule is C=CC[C@H](CN=[N+]=[N-])C[C@H]1COC(C)(C)N1C(=O)OC(C)(C)C. The average Bonchev–Trinajstić information content (AvgIpc) is 2.69. The van der Waals surface area contributed by atoms with Crippen LogP contribution in [0.1, 0.15) is 47.5 Å². The Bertz CT molecular complexity index is 478. The van der Waals surface area contributed by atoms with Gasteiger partial charge in [-0.1, -0.05) is 11.2 Å². The Balaban J connectivity index is 2.88. The lowest BCUT2D eigenvalue weighted by molar-refractivity contribution is -0.0630. The minimum Gasteiger partial charge on any atom is -0.444 e. The molecule has 0 N–H and O–H groups in total. The van der Waals surface area contributed by atoms with Gasteiger partial charge in [0.15, 0.2) is 0 Å². The monoisotopic (exact) mass is 324 g/mol. The normalized spacial score (nSPS) is 21.4. The van der Waals surface area contributed by atoms with E-state index < -0.39 is 11.3 Å². The van der Waals surface area contributed by atoms with Crippen molar-refractivity contribution in [2.45, 2.75) is 64.8 Å². The highest BCUT2D eigenvalue weighted by atomic mass is 16.6. The predicted molar refractivity (Wildman–Crippen MR) is 88.8 cm³/mol. The molecule has 1 aliphatic rings. The van der Waals surface area contributed by atoms with Crippen LogP contribution in [0.5, 0.6) is 0 Å². The highest BCUT2D eigenvalue weighted by Crippen LogP contribution is 2.33. The van der Waals surface area contributed by atoms with Crippen LogP contribution in [0.2, 0.25) is 0 Å². The van der Waals surface area contributed by atoms with Crippen molar-refractivity contribution >= 4 is 6.09 Å². The molecule has 0 spiro atoms. The summed E-state index contributed by atoms with van der Waals surface area (Å²) in [6.45, 7) is 13.8. The fraction of sp³-hybridized carbons (Fsp3) is 0.812. The summed E-state index contributed by atoms with van der Waals surface area (Å²) < 4.78 is 11.3. The molecular formula is C16H28N4O3. The van der Waals surface area contributed by atoms with E-state index in [2.05, 4.69) is 16.6 Å². The third-order valence-corrected chi connectivity index (χ3v) is 3.67. The fourth-order valence-electron chi connectivity index (χ4n) is 2.76. The maximum atomic E-state index is 12.6. The number of hydrogen-bond acceptors (Lipinski definition) is 4. The van der Waals surface area contributed by atoms with E-state index in [0.29, 0.717) is 19.6 Å². The van der Waals surface area contributed by atoms with Gasteiger partial charge >= 0.3 is 6.09 Å². The van der Waals surface area contributed by atoms with E-state index in [0.717, 1.165) is 6.42 Å². The van der Waals surface area contributed by atoms with Crippen molar-refractivity contribution in [2.75, 3.05) is 13.2 Å². The van der Waals surface area contributed by atoms with E-state index in [4.69, 9.17) is 15.0 Å². The highest BCUT2D eigenvalue weighted by molar-refractivity contribution is 5.69. The Hall–Kier alpha value is -1.72. The van der Waals surface area contributed by atoms with Crippen LogP contribution in [-0.4, -0.2) is 41.5 Å². The van der Waals surface area contributed by atoms with Gasteiger partial charge in [0.25, 0.3) is 0 Å². The third-order valence-electron chi connectivity index (χ3n) is 3.67. The number of carbonyl (C=O) groups is 1. The summed E-state index contributed by atoms with van der Waals surface area (Å²) in [6.07, 6.45) is 2.81. The second kappa shape index (κ2) is 7.70. The number of rotatable bonds is 6. The second-order valence-corrected chi connectivity index (χ2v) is 7.30. The summed E-state index contributed by atoms with van der Waals surface area (Å²) in [5.41, 5.74) is 7.24. The maximum Gasteiger partial charge on any atom is 0.412 e. The van der Waals surface area contributed by atoms with E-state index >= 15 is 0 Å². The van der Waals surface area contributed by atoms with Crippen LogP contribution in [0.25, 0.3) is 10.4 Å². The van der Waals surface area contributed by atoms with Gasteiger partial charge in [0.2, 0.25) is 0 Å². The standard InChI is InChI=1S/C16H28N4O3/c1-7-8-12(10-18-19-17)9-13-11-22-16(5,6)20(13)14(21)23-15(2,3)4/h7,12-13H,1,8-11H2,2-6H3/t12-,13-/m0/s1. The first-order valence-electron chi connectivity index (χ1n) is 7.88. The first-order valence-corrected chi connectivity index (χ1v) is 7.88. The minimum absolute atomic E-state index is 0.112. The average molecular weight is 324 g/mol. The molecule has 1 amide bonds. The van der Waals surface area contributed by atoms with Gasteiger partial charge in [-0.25, -0.2) is 4.79 Å². The van der Waals surface area contributed by atoms with Crippen molar-refractivity contribution in [3.8, 4) is 0 Å². The van der Waals surface area contributed by atoms with Gasteiger partial charge in [-0.05, 0) is 58.9 Å². The number of allylic oxidation sites excluding steroid dienone is 1. The number of ether oxygens (including phenoxy) is 2. The zero-order valence-corrected chi connectivity index (χ0v) is 14.8. The molecular weight excluding hydrogens is 296 g/mol. The molecule has 1 fully saturated rings. The van der Waals surface area contributed by atoms with Crippen molar-refractivity contribution in [2.24, 2.45) is 11.0 Å². The number of amides is 1. The Labute approximate surface area is 138 Å². The minimum atomic E-state index is -0.718. The Morgan fingerprint density at radius 3 is 2.78 bits per heavy atom. The number of hydrogen-bond donors (Lipinski definition) is 0. The Kier molecular flexibility index (Phi) is 6.47. The molecule has 0 bridgehead atoms. The van der Waals surface area contributed by atoms with Gasteiger partial charge in [0.05, 0.1) is 12.6 Å². The van der Waals surface area contributed by atoms with Crippen LogP contribution in [0.4, 0.5) is 4.79 Å². The molecule has 130 valence electrons. The van der Waals surface area contributed by atoms with Crippen molar-refractivity contribution in [3.05, 3.63) is 23.1 Å². The molecule has 1 saturated heterocycles. The molecule has 0 radical (unpaired) electrons. The van der Waals surface area contributed by atoms with E-state index in [1.54, 1.807) is 11.0 Å². The molecule has 2 atom stereocenters. The number of azide groups is 1. The van der Waals surface area contributed by atoms with Crippen LogP contribution in [-0.2, 0) is 9.47 Å². The van der Waals surface area contributed by atoms with Crippen LogP contribution in [0.15, 0.2) is 17.8 Å². The van der Waals surface area contributed by atoms with Crippen LogP contribution < -0.4 is 0 Å². The van der Waals surface area contributed by atoms with E-state index in [1.165, 1.54) is 0 Å². The zero-order valence-electron chi connectivity index (χ0n) is 14.8. The number of carbonyl (C=O) groups excluding carboxylic acids is 1. The molecule has 7 nitrogen and oxygen atoms in total. The zero-order chi connectivity index (χ0) is 17.7. The van der Waals surface area contributed by atoms with Gasteiger partial charge in [0.1, 0.15) is 11.3 Å². The van der Waals surface area contributed by atoms with E-state index in [-0.39, 0.29) is 18.1 Å². The summed E-state index contributed by atoms with van der Waals surface area (Å²) in [5.74, 6) is 0.121. The molecule has 0 aromatic carbocycles. The Morgan fingerprint density at radius 1 is 1.61 bits per heavy atom. The maximum absolute atomic E-state index is 12.6. The number of nitrogens with zero attached hydrogens (tertiary/aromatic N) is 4. The van der Waals surface area contributed by atoms with Crippen LogP contribution >= 0.6 is 0 Å². The van der Waals surface area contributed by atoms with Gasteiger partial charge < -0.3 is 9.47 Å². The summed E-state index contributed by atoms with van der Waals surface area (Å²) in [6, 6.07) is -0.112. The first kappa shape index (κ1) is 19.3. The third kappa shape index (κ3) is 5.77. The highest BCUT2D eigenvalue weighted by Gasteiger charge is 2.45. The van der Waals surface area contributed by atoms with Crippen LogP contribution in [0, 0.1) is 5.92 Å². The van der Waals surface area contributed by atoms with Gasteiger partial charge in [0, 0.05) is 11.5 Å². The van der Waals surface area contributed by atoms with Gasteiger partial charge in [-0.15, -0.1) is 6.58 Å². The molecule has 0 aromatic heterocycles. The van der Waals surface area contributed by atoms with Crippen molar-refractivity contribution < 1.29 is 14.3 Å².